The van der Waals surface area contributed by atoms with E-state index in [0.29, 0.717) is 5.92 Å². The van der Waals surface area contributed by atoms with E-state index in [0.717, 1.165) is 35.3 Å². The lowest BCUT2D eigenvalue weighted by Crippen LogP contribution is -2.47. The molecule has 0 spiro atoms. The van der Waals surface area contributed by atoms with Crippen LogP contribution in [0.15, 0.2) is 35.7 Å². The van der Waals surface area contributed by atoms with Crippen molar-refractivity contribution in [2.75, 3.05) is 18.0 Å². The summed E-state index contributed by atoms with van der Waals surface area (Å²) in [7, 11) is 0. The van der Waals surface area contributed by atoms with E-state index in [1.54, 1.807) is 11.3 Å². The second kappa shape index (κ2) is 6.57. The van der Waals surface area contributed by atoms with Crippen molar-refractivity contribution in [3.05, 3.63) is 50.6 Å². The third kappa shape index (κ3) is 3.92. The Bertz CT molecular complexity index is 597. The molecule has 21 heavy (non-hydrogen) atoms. The minimum absolute atomic E-state index is 0.216. The van der Waals surface area contributed by atoms with Crippen LogP contribution in [0, 0.1) is 5.92 Å². The molecule has 0 radical (unpaired) electrons. The van der Waals surface area contributed by atoms with Gasteiger partial charge >= 0.3 is 0 Å². The SMILES string of the molecule is NC1CC(Cc2csc(Cl)c2)CN(c2ccc(Cl)cc2)C1. The van der Waals surface area contributed by atoms with Crippen molar-refractivity contribution < 1.29 is 0 Å². The van der Waals surface area contributed by atoms with E-state index in [4.69, 9.17) is 28.9 Å². The molecule has 1 saturated heterocycles. The number of thiophene rings is 1. The number of nitrogens with two attached hydrogens (primary N) is 1. The minimum atomic E-state index is 0.216. The van der Waals surface area contributed by atoms with Crippen LogP contribution in [0.1, 0.15) is 12.0 Å². The summed E-state index contributed by atoms with van der Waals surface area (Å²) in [6.07, 6.45) is 2.11. The lowest BCUT2D eigenvalue weighted by Gasteiger charge is -2.38. The van der Waals surface area contributed by atoms with E-state index in [1.165, 1.54) is 11.3 Å². The van der Waals surface area contributed by atoms with Crippen LogP contribution in [-0.4, -0.2) is 19.1 Å². The predicted octanol–water partition coefficient (Wildman–Crippen LogP) is 4.45. The van der Waals surface area contributed by atoms with Gasteiger partial charge in [-0.05, 0) is 60.0 Å². The number of rotatable bonds is 3. The molecule has 2 heterocycles. The Balaban J connectivity index is 1.70. The second-order valence-electron chi connectivity index (χ2n) is 5.71. The van der Waals surface area contributed by atoms with Gasteiger partial charge in [-0.2, -0.15) is 0 Å². The van der Waals surface area contributed by atoms with Gasteiger partial charge in [-0.25, -0.2) is 0 Å². The third-order valence-electron chi connectivity index (χ3n) is 3.91. The molecule has 2 atom stereocenters. The molecule has 1 aromatic carbocycles. The van der Waals surface area contributed by atoms with Gasteiger partial charge in [-0.15, -0.1) is 11.3 Å². The molecule has 1 aromatic heterocycles. The van der Waals surface area contributed by atoms with Gasteiger partial charge in [-0.1, -0.05) is 23.2 Å². The van der Waals surface area contributed by atoms with Gasteiger partial charge in [0, 0.05) is 29.8 Å². The first-order valence-electron chi connectivity index (χ1n) is 7.09. The van der Waals surface area contributed by atoms with Crippen LogP contribution in [-0.2, 0) is 6.42 Å². The van der Waals surface area contributed by atoms with Gasteiger partial charge in [-0.3, -0.25) is 0 Å². The molecule has 0 amide bonds. The van der Waals surface area contributed by atoms with Crippen LogP contribution >= 0.6 is 34.5 Å². The number of hydrogen-bond acceptors (Lipinski definition) is 3. The predicted molar refractivity (Wildman–Crippen MR) is 92.8 cm³/mol. The van der Waals surface area contributed by atoms with Gasteiger partial charge in [0.25, 0.3) is 0 Å². The number of benzene rings is 1. The fourth-order valence-electron chi connectivity index (χ4n) is 3.04. The summed E-state index contributed by atoms with van der Waals surface area (Å²) in [5.41, 5.74) is 8.77. The molecule has 1 fully saturated rings. The standard InChI is InChI=1S/C16H18Cl2N2S/c17-13-1-3-15(4-2-13)20-8-11(6-14(19)9-20)5-12-7-16(18)21-10-12/h1-4,7,10-11,14H,5-6,8-9,19H2. The summed E-state index contributed by atoms with van der Waals surface area (Å²) in [4.78, 5) is 2.36. The molecule has 112 valence electrons. The van der Waals surface area contributed by atoms with Crippen molar-refractivity contribution in [1.82, 2.24) is 0 Å². The Morgan fingerprint density at radius 3 is 2.62 bits per heavy atom. The Hall–Kier alpha value is -0.740. The van der Waals surface area contributed by atoms with Crippen molar-refractivity contribution in [1.29, 1.82) is 0 Å². The number of piperidine rings is 1. The minimum Gasteiger partial charge on any atom is -0.370 e. The van der Waals surface area contributed by atoms with E-state index in [1.807, 2.05) is 12.1 Å². The summed E-state index contributed by atoms with van der Waals surface area (Å²) < 4.78 is 0.861. The maximum absolute atomic E-state index is 6.25. The molecule has 5 heteroatoms. The summed E-state index contributed by atoms with van der Waals surface area (Å²) >= 11 is 13.6. The Labute approximate surface area is 139 Å². The van der Waals surface area contributed by atoms with Crippen LogP contribution in [0.25, 0.3) is 0 Å². The molecular formula is C16H18Cl2N2S. The molecule has 1 aliphatic heterocycles. The maximum atomic E-state index is 6.25. The zero-order valence-corrected chi connectivity index (χ0v) is 14.0. The lowest BCUT2D eigenvalue weighted by atomic mass is 9.89. The molecule has 0 aliphatic carbocycles. The summed E-state index contributed by atoms with van der Waals surface area (Å²) in [6.45, 7) is 1.94. The normalized spacial score (nSPS) is 22.5. The molecule has 1 aliphatic rings. The first-order valence-corrected chi connectivity index (χ1v) is 8.72. The molecule has 0 saturated carbocycles. The van der Waals surface area contributed by atoms with Gasteiger partial charge in [0.2, 0.25) is 0 Å². The highest BCUT2D eigenvalue weighted by Crippen LogP contribution is 2.28. The second-order valence-corrected chi connectivity index (χ2v) is 7.69. The van der Waals surface area contributed by atoms with Crippen molar-refractivity contribution in [3.63, 3.8) is 0 Å². The van der Waals surface area contributed by atoms with Gasteiger partial charge in [0.05, 0.1) is 4.34 Å². The molecule has 2 N–H and O–H groups in total. The number of anilines is 1. The zero-order chi connectivity index (χ0) is 14.8. The van der Waals surface area contributed by atoms with Crippen LogP contribution in [0.5, 0.6) is 0 Å². The summed E-state index contributed by atoms with van der Waals surface area (Å²) in [5, 5.41) is 2.92. The Morgan fingerprint density at radius 1 is 1.19 bits per heavy atom. The van der Waals surface area contributed by atoms with E-state index < -0.39 is 0 Å². The van der Waals surface area contributed by atoms with Gasteiger partial charge < -0.3 is 10.6 Å². The third-order valence-corrected chi connectivity index (χ3v) is 5.30. The van der Waals surface area contributed by atoms with Crippen molar-refractivity contribution in [2.24, 2.45) is 11.7 Å². The molecular weight excluding hydrogens is 323 g/mol. The number of nitrogens with zero attached hydrogens (tertiary/aromatic N) is 1. The molecule has 0 bridgehead atoms. The van der Waals surface area contributed by atoms with Crippen LogP contribution in [0.4, 0.5) is 5.69 Å². The molecule has 2 nitrogen and oxygen atoms in total. The van der Waals surface area contributed by atoms with Crippen LogP contribution < -0.4 is 10.6 Å². The lowest BCUT2D eigenvalue weighted by molar-refractivity contribution is 0.375. The van der Waals surface area contributed by atoms with Crippen molar-refractivity contribution in [3.8, 4) is 0 Å². The maximum Gasteiger partial charge on any atom is 0.0931 e. The average molecular weight is 341 g/mol. The molecule has 2 aromatic rings. The summed E-state index contributed by atoms with van der Waals surface area (Å²) in [6, 6.07) is 10.3. The van der Waals surface area contributed by atoms with E-state index >= 15 is 0 Å². The van der Waals surface area contributed by atoms with Crippen LogP contribution in [0.2, 0.25) is 9.36 Å². The Morgan fingerprint density at radius 2 is 1.95 bits per heavy atom. The first kappa shape index (κ1) is 15.2. The van der Waals surface area contributed by atoms with E-state index in [2.05, 4.69) is 28.5 Å². The van der Waals surface area contributed by atoms with Gasteiger partial charge in [0.15, 0.2) is 0 Å². The average Bonchev–Trinajstić information content (AvgIpc) is 2.84. The highest BCUT2D eigenvalue weighted by molar-refractivity contribution is 7.14. The van der Waals surface area contributed by atoms with Crippen molar-refractivity contribution >= 4 is 40.2 Å². The van der Waals surface area contributed by atoms with E-state index in [9.17, 15) is 0 Å². The highest BCUT2D eigenvalue weighted by Gasteiger charge is 2.25. The highest BCUT2D eigenvalue weighted by atomic mass is 35.5. The fraction of sp³-hybridized carbons (Fsp3) is 0.375. The van der Waals surface area contributed by atoms with E-state index in [-0.39, 0.29) is 6.04 Å². The molecule has 3 rings (SSSR count). The first-order chi connectivity index (χ1) is 10.1. The zero-order valence-electron chi connectivity index (χ0n) is 11.6. The smallest absolute Gasteiger partial charge is 0.0931 e. The molecule has 2 unspecified atom stereocenters. The fourth-order valence-corrected chi connectivity index (χ4v) is 4.09. The van der Waals surface area contributed by atoms with Gasteiger partial charge in [0.1, 0.15) is 0 Å². The quantitative estimate of drug-likeness (QED) is 0.894. The van der Waals surface area contributed by atoms with Crippen LogP contribution in [0.3, 0.4) is 0 Å². The topological polar surface area (TPSA) is 29.3 Å². The number of hydrogen-bond donors (Lipinski definition) is 1. The monoisotopic (exact) mass is 340 g/mol. The summed E-state index contributed by atoms with van der Waals surface area (Å²) in [5.74, 6) is 0.565. The Kier molecular flexibility index (Phi) is 4.75. The largest absolute Gasteiger partial charge is 0.370 e. The van der Waals surface area contributed by atoms with Crippen molar-refractivity contribution in [2.45, 2.75) is 18.9 Å². The number of halogens is 2.